The van der Waals surface area contributed by atoms with Gasteiger partial charge in [0.05, 0.1) is 5.69 Å². The third kappa shape index (κ3) is 3.33. The van der Waals surface area contributed by atoms with Crippen LogP contribution in [0.1, 0.15) is 35.9 Å². The zero-order valence-electron chi connectivity index (χ0n) is 11.5. The van der Waals surface area contributed by atoms with Crippen molar-refractivity contribution in [1.82, 2.24) is 4.57 Å². The second-order valence-corrected chi connectivity index (χ2v) is 5.30. The molecule has 4 nitrogen and oxygen atoms in total. The predicted molar refractivity (Wildman–Crippen MR) is 79.8 cm³/mol. The average Bonchev–Trinajstić information content (AvgIpc) is 2.78. The zero-order chi connectivity index (χ0) is 14.7. The van der Waals surface area contributed by atoms with E-state index < -0.39 is 5.97 Å². The van der Waals surface area contributed by atoms with Crippen LogP contribution in [-0.2, 0) is 11.3 Å². The van der Waals surface area contributed by atoms with Gasteiger partial charge in [-0.2, -0.15) is 0 Å². The fourth-order valence-corrected chi connectivity index (χ4v) is 2.15. The number of halogens is 1. The predicted octanol–water partition coefficient (Wildman–Crippen LogP) is 3.66. The molecule has 1 aromatic heterocycles. The Morgan fingerprint density at radius 1 is 1.40 bits per heavy atom. The molecule has 0 aliphatic heterocycles. The van der Waals surface area contributed by atoms with Crippen molar-refractivity contribution in [3.8, 4) is 0 Å². The van der Waals surface area contributed by atoms with Gasteiger partial charge in [-0.15, -0.1) is 0 Å². The molecule has 0 aliphatic rings. The van der Waals surface area contributed by atoms with Crippen molar-refractivity contribution < 1.29 is 9.53 Å². The lowest BCUT2D eigenvalue weighted by Crippen LogP contribution is -2.13. The van der Waals surface area contributed by atoms with Crippen LogP contribution in [0, 0.1) is 0 Å². The molecule has 0 bridgehead atoms. The first-order valence-electron chi connectivity index (χ1n) is 6.36. The summed E-state index contributed by atoms with van der Waals surface area (Å²) in [5.41, 5.74) is 7.59. The van der Waals surface area contributed by atoms with Gasteiger partial charge < -0.3 is 15.0 Å². The molecule has 0 saturated carbocycles. The van der Waals surface area contributed by atoms with Gasteiger partial charge in [0, 0.05) is 17.3 Å². The van der Waals surface area contributed by atoms with Crippen LogP contribution >= 0.6 is 11.6 Å². The highest BCUT2D eigenvalue weighted by Crippen LogP contribution is 2.18. The largest absolute Gasteiger partial charge is 0.456 e. The van der Waals surface area contributed by atoms with E-state index in [2.05, 4.69) is 0 Å². The first-order chi connectivity index (χ1) is 9.47. The Kier molecular flexibility index (Phi) is 4.35. The molecule has 0 radical (unpaired) electrons. The minimum atomic E-state index is -0.393. The van der Waals surface area contributed by atoms with E-state index in [0.29, 0.717) is 16.4 Å². The van der Waals surface area contributed by atoms with E-state index in [-0.39, 0.29) is 12.6 Å². The zero-order valence-corrected chi connectivity index (χ0v) is 12.2. The van der Waals surface area contributed by atoms with Crippen LogP contribution in [-0.4, -0.2) is 10.5 Å². The van der Waals surface area contributed by atoms with Gasteiger partial charge in [0.15, 0.2) is 0 Å². The van der Waals surface area contributed by atoms with E-state index in [1.165, 1.54) is 0 Å². The van der Waals surface area contributed by atoms with Gasteiger partial charge >= 0.3 is 5.97 Å². The van der Waals surface area contributed by atoms with Crippen LogP contribution in [0.25, 0.3) is 0 Å². The third-order valence-electron chi connectivity index (χ3n) is 2.89. The standard InChI is InChI=1S/C15H17ClN2O2/c1-10(2)18-8-13(17)7-14(18)15(19)20-9-11-4-3-5-12(16)6-11/h3-8,10H,9,17H2,1-2H3. The topological polar surface area (TPSA) is 57.2 Å². The summed E-state index contributed by atoms with van der Waals surface area (Å²) < 4.78 is 7.10. The van der Waals surface area contributed by atoms with Gasteiger partial charge in [-0.25, -0.2) is 4.79 Å². The van der Waals surface area contributed by atoms with E-state index in [4.69, 9.17) is 22.1 Å². The Morgan fingerprint density at radius 3 is 2.80 bits per heavy atom. The number of benzene rings is 1. The number of carbonyl (C=O) groups excluding carboxylic acids is 1. The number of nitrogen functional groups attached to an aromatic ring is 1. The molecule has 0 saturated heterocycles. The molecular formula is C15H17ClN2O2. The maximum atomic E-state index is 12.1. The van der Waals surface area contributed by atoms with Crippen LogP contribution < -0.4 is 5.73 Å². The molecule has 1 heterocycles. The number of carbonyl (C=O) groups is 1. The Bertz CT molecular complexity index is 620. The van der Waals surface area contributed by atoms with Crippen LogP contribution in [0.4, 0.5) is 5.69 Å². The van der Waals surface area contributed by atoms with Crippen molar-refractivity contribution in [1.29, 1.82) is 0 Å². The molecule has 2 aromatic rings. The number of esters is 1. The molecular weight excluding hydrogens is 276 g/mol. The van der Waals surface area contributed by atoms with Crippen molar-refractivity contribution in [3.63, 3.8) is 0 Å². The van der Waals surface area contributed by atoms with Gasteiger partial charge in [0.1, 0.15) is 12.3 Å². The van der Waals surface area contributed by atoms with Crippen LogP contribution in [0.5, 0.6) is 0 Å². The number of nitrogens with zero attached hydrogens (tertiary/aromatic N) is 1. The minimum absolute atomic E-state index is 0.140. The molecule has 0 spiro atoms. The lowest BCUT2D eigenvalue weighted by Gasteiger charge is -2.12. The lowest BCUT2D eigenvalue weighted by atomic mass is 10.2. The maximum Gasteiger partial charge on any atom is 0.355 e. The van der Waals surface area contributed by atoms with Crippen molar-refractivity contribution in [2.45, 2.75) is 26.5 Å². The maximum absolute atomic E-state index is 12.1. The fourth-order valence-electron chi connectivity index (χ4n) is 1.94. The van der Waals surface area contributed by atoms with Crippen molar-refractivity contribution in [3.05, 3.63) is 52.8 Å². The fraction of sp³-hybridized carbons (Fsp3) is 0.267. The molecule has 2 N–H and O–H groups in total. The summed E-state index contributed by atoms with van der Waals surface area (Å²) in [7, 11) is 0. The number of rotatable bonds is 4. The second-order valence-electron chi connectivity index (χ2n) is 4.87. The second kappa shape index (κ2) is 6.01. The average molecular weight is 293 g/mol. The van der Waals surface area contributed by atoms with Crippen LogP contribution in [0.15, 0.2) is 36.5 Å². The van der Waals surface area contributed by atoms with Crippen LogP contribution in [0.3, 0.4) is 0 Å². The highest BCUT2D eigenvalue weighted by Gasteiger charge is 2.16. The van der Waals surface area contributed by atoms with E-state index in [9.17, 15) is 4.79 Å². The molecule has 5 heteroatoms. The number of anilines is 1. The van der Waals surface area contributed by atoms with Gasteiger partial charge in [-0.05, 0) is 37.6 Å². The SMILES string of the molecule is CC(C)n1cc(N)cc1C(=O)OCc1cccc(Cl)c1. The summed E-state index contributed by atoms with van der Waals surface area (Å²) in [4.78, 5) is 12.1. The summed E-state index contributed by atoms with van der Waals surface area (Å²) in [5, 5.41) is 0.619. The van der Waals surface area contributed by atoms with Gasteiger partial charge in [-0.3, -0.25) is 0 Å². The van der Waals surface area contributed by atoms with Gasteiger partial charge in [-0.1, -0.05) is 23.7 Å². The Labute approximate surface area is 123 Å². The molecule has 106 valence electrons. The van der Waals surface area contributed by atoms with Gasteiger partial charge in [0.2, 0.25) is 0 Å². The third-order valence-corrected chi connectivity index (χ3v) is 3.13. The quantitative estimate of drug-likeness (QED) is 0.875. The van der Waals surface area contributed by atoms with Crippen molar-refractivity contribution in [2.75, 3.05) is 5.73 Å². The molecule has 20 heavy (non-hydrogen) atoms. The Hall–Kier alpha value is -1.94. The molecule has 0 amide bonds. The molecule has 0 fully saturated rings. The highest BCUT2D eigenvalue weighted by molar-refractivity contribution is 6.30. The van der Waals surface area contributed by atoms with E-state index >= 15 is 0 Å². The number of hydrogen-bond acceptors (Lipinski definition) is 3. The highest BCUT2D eigenvalue weighted by atomic mass is 35.5. The molecule has 0 atom stereocenters. The van der Waals surface area contributed by atoms with E-state index in [0.717, 1.165) is 5.56 Å². The van der Waals surface area contributed by atoms with Gasteiger partial charge in [0.25, 0.3) is 0 Å². The van der Waals surface area contributed by atoms with Crippen molar-refractivity contribution in [2.24, 2.45) is 0 Å². The number of aromatic nitrogens is 1. The summed E-state index contributed by atoms with van der Waals surface area (Å²) in [6.45, 7) is 4.14. The van der Waals surface area contributed by atoms with E-state index in [1.54, 1.807) is 29.0 Å². The lowest BCUT2D eigenvalue weighted by molar-refractivity contribution is 0.0458. The Morgan fingerprint density at radius 2 is 2.15 bits per heavy atom. The minimum Gasteiger partial charge on any atom is -0.456 e. The molecule has 0 unspecified atom stereocenters. The number of ether oxygens (including phenoxy) is 1. The smallest absolute Gasteiger partial charge is 0.355 e. The summed E-state index contributed by atoms with van der Waals surface area (Å²) in [5.74, 6) is -0.393. The van der Waals surface area contributed by atoms with Crippen molar-refractivity contribution >= 4 is 23.3 Å². The normalized spacial score (nSPS) is 10.8. The summed E-state index contributed by atoms with van der Waals surface area (Å²) in [6.07, 6.45) is 1.74. The van der Waals surface area contributed by atoms with Crippen LogP contribution in [0.2, 0.25) is 5.02 Å². The molecule has 2 rings (SSSR count). The summed E-state index contributed by atoms with van der Waals surface area (Å²) in [6, 6.07) is 8.98. The van der Waals surface area contributed by atoms with E-state index in [1.807, 2.05) is 26.0 Å². The molecule has 0 aliphatic carbocycles. The monoisotopic (exact) mass is 292 g/mol. The Balaban J connectivity index is 2.09. The number of nitrogens with two attached hydrogens (primary N) is 1. The first kappa shape index (κ1) is 14.5. The number of hydrogen-bond donors (Lipinski definition) is 1. The summed E-state index contributed by atoms with van der Waals surface area (Å²) >= 11 is 5.89. The first-order valence-corrected chi connectivity index (χ1v) is 6.74. The molecule has 1 aromatic carbocycles.